The summed E-state index contributed by atoms with van der Waals surface area (Å²) in [5, 5.41) is 18.8. The third-order valence-corrected chi connectivity index (χ3v) is 7.72. The highest BCUT2D eigenvalue weighted by Gasteiger charge is 2.47. The number of carbonyl (C=O) groups is 2. The Morgan fingerprint density at radius 2 is 1.80 bits per heavy atom. The molecule has 0 aromatic heterocycles. The predicted octanol–water partition coefficient (Wildman–Crippen LogP) is 2.73. The van der Waals surface area contributed by atoms with Gasteiger partial charge in [-0.15, -0.1) is 0 Å². The van der Waals surface area contributed by atoms with Crippen molar-refractivity contribution in [1.82, 2.24) is 9.80 Å². The largest absolute Gasteiger partial charge is 0.393 e. The Labute approximate surface area is 180 Å². The maximum absolute atomic E-state index is 12.0. The SMILES string of the molecule is CC1CC2CC(CC(C)(C(N)=O)C2)C1O.N#CC1CCN(C(=O)N2CCCCC2)C1. The number of likely N-dealkylation sites (tertiary alicyclic amines) is 2. The lowest BCUT2D eigenvalue weighted by atomic mass is 9.58. The van der Waals surface area contributed by atoms with Crippen LogP contribution >= 0.6 is 0 Å². The van der Waals surface area contributed by atoms with Gasteiger partial charge in [-0.05, 0) is 69.1 Å². The van der Waals surface area contributed by atoms with E-state index in [-0.39, 0.29) is 35.3 Å². The second kappa shape index (κ2) is 9.55. The van der Waals surface area contributed by atoms with Gasteiger partial charge in [-0.2, -0.15) is 5.26 Å². The summed E-state index contributed by atoms with van der Waals surface area (Å²) in [6.45, 7) is 7.24. The van der Waals surface area contributed by atoms with Gasteiger partial charge in [0.1, 0.15) is 0 Å². The molecule has 6 atom stereocenters. The summed E-state index contributed by atoms with van der Waals surface area (Å²) in [4.78, 5) is 27.2. The van der Waals surface area contributed by atoms with Crippen LogP contribution in [0.5, 0.6) is 0 Å². The predicted molar refractivity (Wildman–Crippen MR) is 114 cm³/mol. The van der Waals surface area contributed by atoms with Gasteiger partial charge in [0.15, 0.2) is 0 Å². The molecule has 6 unspecified atom stereocenters. The summed E-state index contributed by atoms with van der Waals surface area (Å²) in [7, 11) is 0. The van der Waals surface area contributed by atoms with Gasteiger partial charge in [0.05, 0.1) is 18.1 Å². The topological polar surface area (TPSA) is 111 Å². The van der Waals surface area contributed by atoms with Crippen molar-refractivity contribution in [2.75, 3.05) is 26.2 Å². The molecule has 0 spiro atoms. The quantitative estimate of drug-likeness (QED) is 0.682. The second-order valence-corrected chi connectivity index (χ2v) is 10.3. The Balaban J connectivity index is 0.000000171. The van der Waals surface area contributed by atoms with Gasteiger partial charge in [0.25, 0.3) is 0 Å². The van der Waals surface area contributed by atoms with Crippen LogP contribution in [0.25, 0.3) is 0 Å². The van der Waals surface area contributed by atoms with Crippen LogP contribution in [-0.4, -0.2) is 59.1 Å². The molecule has 2 aliphatic heterocycles. The Morgan fingerprint density at radius 1 is 1.10 bits per heavy atom. The molecule has 4 fully saturated rings. The van der Waals surface area contributed by atoms with Gasteiger partial charge in [-0.25, -0.2) is 4.79 Å². The molecule has 2 aliphatic carbocycles. The average Bonchev–Trinajstić information content (AvgIpc) is 3.21. The summed E-state index contributed by atoms with van der Waals surface area (Å²) in [5.74, 6) is 1.11. The minimum Gasteiger partial charge on any atom is -0.393 e. The Kier molecular flexibility index (Phi) is 7.28. The number of hydrogen-bond donors (Lipinski definition) is 2. The number of nitrogens with two attached hydrogens (primary N) is 1. The molecule has 30 heavy (non-hydrogen) atoms. The van der Waals surface area contributed by atoms with Crippen LogP contribution in [0.15, 0.2) is 0 Å². The number of carbonyl (C=O) groups excluding carboxylic acids is 2. The van der Waals surface area contributed by atoms with Crippen molar-refractivity contribution >= 4 is 11.9 Å². The lowest BCUT2D eigenvalue weighted by molar-refractivity contribution is -0.135. The fraction of sp³-hybridized carbons (Fsp3) is 0.870. The Morgan fingerprint density at radius 3 is 2.40 bits per heavy atom. The summed E-state index contributed by atoms with van der Waals surface area (Å²) in [5.41, 5.74) is 5.08. The van der Waals surface area contributed by atoms with Crippen molar-refractivity contribution in [2.45, 2.75) is 71.3 Å². The number of urea groups is 1. The van der Waals surface area contributed by atoms with Crippen molar-refractivity contribution in [3.8, 4) is 6.07 Å². The molecule has 7 heteroatoms. The third kappa shape index (κ3) is 5.08. The molecule has 2 bridgehead atoms. The Bertz CT molecular complexity index is 670. The third-order valence-electron chi connectivity index (χ3n) is 7.72. The first-order valence-electron chi connectivity index (χ1n) is 11.6. The van der Waals surface area contributed by atoms with E-state index in [0.717, 1.165) is 64.6 Å². The van der Waals surface area contributed by atoms with Crippen LogP contribution in [0.1, 0.15) is 65.2 Å². The van der Waals surface area contributed by atoms with Gasteiger partial charge in [0.2, 0.25) is 5.91 Å². The van der Waals surface area contributed by atoms with E-state index in [1.54, 1.807) is 0 Å². The summed E-state index contributed by atoms with van der Waals surface area (Å²) < 4.78 is 0. The minimum atomic E-state index is -0.380. The first-order chi connectivity index (χ1) is 14.2. The number of hydrogen-bond acceptors (Lipinski definition) is 4. The van der Waals surface area contributed by atoms with Crippen LogP contribution in [0.2, 0.25) is 0 Å². The molecular formula is C23H38N4O3. The number of piperidine rings is 1. The monoisotopic (exact) mass is 418 g/mol. The number of aliphatic hydroxyl groups excluding tert-OH is 1. The summed E-state index contributed by atoms with van der Waals surface area (Å²) in [6.07, 6.45) is 7.90. The van der Waals surface area contributed by atoms with Gasteiger partial charge in [-0.1, -0.05) is 13.8 Å². The lowest BCUT2D eigenvalue weighted by Gasteiger charge is -2.48. The van der Waals surface area contributed by atoms with Crippen LogP contribution in [-0.2, 0) is 4.79 Å². The van der Waals surface area contributed by atoms with Gasteiger partial charge in [0, 0.05) is 31.6 Å². The number of rotatable bonds is 1. The second-order valence-electron chi connectivity index (χ2n) is 10.3. The van der Waals surface area contributed by atoms with Gasteiger partial charge >= 0.3 is 6.03 Å². The highest BCUT2D eigenvalue weighted by Crippen LogP contribution is 2.50. The molecule has 0 aromatic rings. The molecule has 2 saturated carbocycles. The van der Waals surface area contributed by atoms with Gasteiger partial charge < -0.3 is 20.6 Å². The minimum absolute atomic E-state index is 0.0544. The van der Waals surface area contributed by atoms with E-state index < -0.39 is 0 Å². The summed E-state index contributed by atoms with van der Waals surface area (Å²) in [6, 6.07) is 2.39. The maximum atomic E-state index is 12.0. The highest BCUT2D eigenvalue weighted by molar-refractivity contribution is 5.80. The van der Waals surface area contributed by atoms with E-state index >= 15 is 0 Å². The number of primary amides is 1. The standard InChI is InChI=1S/C12H21NO2.C11H17N3O/c1-7-3-8-4-9(10(7)14)6-12(2,5-8)11(13)15;12-8-10-4-7-14(9-10)11(15)13-5-2-1-3-6-13/h7-10,14H,3-6H2,1-2H3,(H2,13,15);10H,1-7,9H2. The van der Waals surface area contributed by atoms with Crippen LogP contribution in [0.3, 0.4) is 0 Å². The van der Waals surface area contributed by atoms with Crippen molar-refractivity contribution in [3.05, 3.63) is 0 Å². The molecular weight excluding hydrogens is 380 g/mol. The number of nitrogens with zero attached hydrogens (tertiary/aromatic N) is 3. The van der Waals surface area contributed by atoms with Crippen molar-refractivity contribution < 1.29 is 14.7 Å². The van der Waals surface area contributed by atoms with Crippen molar-refractivity contribution in [3.63, 3.8) is 0 Å². The number of fused-ring (bicyclic) bond motifs is 2. The van der Waals surface area contributed by atoms with Crippen molar-refractivity contribution in [1.29, 1.82) is 5.26 Å². The molecule has 4 rings (SSSR count). The fourth-order valence-corrected chi connectivity index (χ4v) is 5.99. The zero-order valence-electron chi connectivity index (χ0n) is 18.6. The zero-order chi connectivity index (χ0) is 21.9. The summed E-state index contributed by atoms with van der Waals surface area (Å²) >= 11 is 0. The molecule has 168 valence electrons. The average molecular weight is 419 g/mol. The van der Waals surface area contributed by atoms with Crippen LogP contribution in [0, 0.1) is 40.4 Å². The highest BCUT2D eigenvalue weighted by atomic mass is 16.3. The first-order valence-corrected chi connectivity index (χ1v) is 11.6. The first kappa shape index (κ1) is 22.9. The molecule has 2 saturated heterocycles. The van der Waals surface area contributed by atoms with E-state index in [9.17, 15) is 14.7 Å². The lowest BCUT2D eigenvalue weighted by Crippen LogP contribution is -2.48. The fourth-order valence-electron chi connectivity index (χ4n) is 5.99. The van der Waals surface area contributed by atoms with E-state index in [2.05, 4.69) is 13.0 Å². The molecule has 3 N–H and O–H groups in total. The van der Waals surface area contributed by atoms with E-state index in [1.165, 1.54) is 6.42 Å². The molecule has 7 nitrogen and oxygen atoms in total. The molecule has 2 heterocycles. The number of nitriles is 1. The molecule has 0 aromatic carbocycles. The molecule has 3 amide bonds. The van der Waals surface area contributed by atoms with Crippen molar-refractivity contribution in [2.24, 2.45) is 34.8 Å². The number of aliphatic hydroxyl groups is 1. The van der Waals surface area contributed by atoms with E-state index in [1.807, 2.05) is 16.7 Å². The number of amides is 3. The van der Waals surface area contributed by atoms with Gasteiger partial charge in [-0.3, -0.25) is 4.79 Å². The normalized spacial score (nSPS) is 38.3. The van der Waals surface area contributed by atoms with E-state index in [4.69, 9.17) is 11.0 Å². The van der Waals surface area contributed by atoms with Crippen LogP contribution in [0.4, 0.5) is 4.79 Å². The Hall–Kier alpha value is -1.81. The zero-order valence-corrected chi connectivity index (χ0v) is 18.6. The smallest absolute Gasteiger partial charge is 0.320 e. The maximum Gasteiger partial charge on any atom is 0.320 e. The molecule has 0 radical (unpaired) electrons. The molecule has 4 aliphatic rings. The van der Waals surface area contributed by atoms with Crippen LogP contribution < -0.4 is 5.73 Å². The van der Waals surface area contributed by atoms with E-state index in [0.29, 0.717) is 18.4 Å².